The van der Waals surface area contributed by atoms with Crippen LogP contribution in [0.1, 0.15) is 51.2 Å². The molecule has 114 valence electrons. The minimum absolute atomic E-state index is 0.119. The molecule has 0 saturated heterocycles. The molecule has 1 fully saturated rings. The SMILES string of the molecule is COc1ccc2c(c1)CCC1(C)C(C)C(C)C(=O)C(C)C21. The molecule has 1 aromatic rings. The highest BCUT2D eigenvalue weighted by Gasteiger charge is 2.53. The van der Waals surface area contributed by atoms with E-state index in [1.807, 2.05) is 6.07 Å². The number of hydrogen-bond donors (Lipinski definition) is 0. The smallest absolute Gasteiger partial charge is 0.139 e. The zero-order chi connectivity index (χ0) is 15.4. The van der Waals surface area contributed by atoms with Gasteiger partial charge in [0, 0.05) is 11.8 Å². The molecule has 0 heterocycles. The summed E-state index contributed by atoms with van der Waals surface area (Å²) in [6, 6.07) is 6.40. The summed E-state index contributed by atoms with van der Waals surface area (Å²) in [5.74, 6) is 2.46. The first-order chi connectivity index (χ1) is 9.90. The van der Waals surface area contributed by atoms with E-state index in [-0.39, 0.29) is 17.3 Å². The highest BCUT2D eigenvalue weighted by molar-refractivity contribution is 5.85. The quantitative estimate of drug-likeness (QED) is 0.772. The maximum Gasteiger partial charge on any atom is 0.139 e. The molecule has 5 atom stereocenters. The topological polar surface area (TPSA) is 26.3 Å². The standard InChI is InChI=1S/C19H26O2/c1-11-13(3)19(4)9-8-14-10-15(21-5)6-7-16(14)17(19)12(2)18(11)20/h6-7,10-13,17H,8-9H2,1-5H3. The Morgan fingerprint density at radius 1 is 1.19 bits per heavy atom. The van der Waals surface area contributed by atoms with E-state index in [9.17, 15) is 4.79 Å². The summed E-state index contributed by atoms with van der Waals surface area (Å²) < 4.78 is 5.36. The van der Waals surface area contributed by atoms with Crippen LogP contribution >= 0.6 is 0 Å². The first-order valence-corrected chi connectivity index (χ1v) is 8.10. The Morgan fingerprint density at radius 3 is 2.57 bits per heavy atom. The first kappa shape index (κ1) is 14.6. The van der Waals surface area contributed by atoms with Crippen LogP contribution in [0.15, 0.2) is 18.2 Å². The van der Waals surface area contributed by atoms with E-state index in [0.717, 1.165) is 12.2 Å². The van der Waals surface area contributed by atoms with Gasteiger partial charge in [-0.15, -0.1) is 0 Å². The zero-order valence-electron chi connectivity index (χ0n) is 13.8. The summed E-state index contributed by atoms with van der Waals surface area (Å²) in [5, 5.41) is 0. The maximum absolute atomic E-state index is 12.6. The minimum Gasteiger partial charge on any atom is -0.497 e. The largest absolute Gasteiger partial charge is 0.497 e. The van der Waals surface area contributed by atoms with Crippen LogP contribution in [-0.2, 0) is 11.2 Å². The van der Waals surface area contributed by atoms with Crippen molar-refractivity contribution < 1.29 is 9.53 Å². The van der Waals surface area contributed by atoms with Crippen LogP contribution in [-0.4, -0.2) is 12.9 Å². The number of fused-ring (bicyclic) bond motifs is 3. The number of methoxy groups -OCH3 is 1. The van der Waals surface area contributed by atoms with E-state index in [1.54, 1.807) is 7.11 Å². The molecular formula is C19H26O2. The molecule has 3 rings (SSSR count). The second-order valence-electron chi connectivity index (χ2n) is 7.32. The van der Waals surface area contributed by atoms with Crippen molar-refractivity contribution in [1.82, 2.24) is 0 Å². The molecule has 2 heteroatoms. The molecule has 0 aliphatic heterocycles. The highest BCUT2D eigenvalue weighted by atomic mass is 16.5. The fourth-order valence-corrected chi connectivity index (χ4v) is 4.89. The average Bonchev–Trinajstić information content (AvgIpc) is 2.50. The van der Waals surface area contributed by atoms with Gasteiger partial charge in [-0.1, -0.05) is 33.8 Å². The molecule has 1 saturated carbocycles. The molecule has 21 heavy (non-hydrogen) atoms. The van der Waals surface area contributed by atoms with Gasteiger partial charge in [0.25, 0.3) is 0 Å². The third kappa shape index (κ3) is 1.95. The second kappa shape index (κ2) is 4.86. The van der Waals surface area contributed by atoms with Gasteiger partial charge in [-0.3, -0.25) is 4.79 Å². The van der Waals surface area contributed by atoms with Crippen LogP contribution in [0.25, 0.3) is 0 Å². The van der Waals surface area contributed by atoms with Crippen molar-refractivity contribution in [1.29, 1.82) is 0 Å². The molecule has 0 N–H and O–H groups in total. The first-order valence-electron chi connectivity index (χ1n) is 8.10. The summed E-state index contributed by atoms with van der Waals surface area (Å²) in [6.45, 7) is 8.92. The van der Waals surface area contributed by atoms with Crippen LogP contribution in [0, 0.1) is 23.2 Å². The van der Waals surface area contributed by atoms with Crippen molar-refractivity contribution in [3.05, 3.63) is 29.3 Å². The van der Waals surface area contributed by atoms with Crippen LogP contribution in [0.4, 0.5) is 0 Å². The number of ether oxygens (including phenoxy) is 1. The summed E-state index contributed by atoms with van der Waals surface area (Å²) in [4.78, 5) is 12.6. The third-order valence-corrected chi connectivity index (χ3v) is 6.52. The van der Waals surface area contributed by atoms with Crippen molar-refractivity contribution in [3.63, 3.8) is 0 Å². The third-order valence-electron chi connectivity index (χ3n) is 6.52. The van der Waals surface area contributed by atoms with E-state index in [0.29, 0.717) is 17.6 Å². The molecule has 0 bridgehead atoms. The number of Topliss-reactive ketones (excluding diaryl/α,β-unsaturated/α-hetero) is 1. The summed E-state index contributed by atoms with van der Waals surface area (Å²) >= 11 is 0. The van der Waals surface area contributed by atoms with Crippen molar-refractivity contribution in [2.45, 2.75) is 46.5 Å². The Hall–Kier alpha value is -1.31. The van der Waals surface area contributed by atoms with Crippen molar-refractivity contribution in [2.24, 2.45) is 23.2 Å². The van der Waals surface area contributed by atoms with E-state index in [4.69, 9.17) is 4.74 Å². The molecule has 2 nitrogen and oxygen atoms in total. The molecule has 2 aliphatic carbocycles. The van der Waals surface area contributed by atoms with Gasteiger partial charge in [0.15, 0.2) is 0 Å². The molecule has 0 amide bonds. The monoisotopic (exact) mass is 286 g/mol. The lowest BCUT2D eigenvalue weighted by Gasteiger charge is -2.54. The molecule has 1 aromatic carbocycles. The minimum atomic E-state index is 0.119. The summed E-state index contributed by atoms with van der Waals surface area (Å²) in [5.41, 5.74) is 2.98. The predicted octanol–water partition coefficient (Wildman–Crippen LogP) is 4.22. The van der Waals surface area contributed by atoms with Gasteiger partial charge in [0.05, 0.1) is 7.11 Å². The number of hydrogen-bond acceptors (Lipinski definition) is 2. The van der Waals surface area contributed by atoms with Crippen LogP contribution in [0.5, 0.6) is 5.75 Å². The van der Waals surface area contributed by atoms with E-state index in [1.165, 1.54) is 17.5 Å². The number of rotatable bonds is 1. The zero-order valence-corrected chi connectivity index (χ0v) is 13.8. The Morgan fingerprint density at radius 2 is 1.90 bits per heavy atom. The highest BCUT2D eigenvalue weighted by Crippen LogP contribution is 2.59. The predicted molar refractivity (Wildman–Crippen MR) is 84.7 cm³/mol. The second-order valence-corrected chi connectivity index (χ2v) is 7.32. The number of carbonyl (C=O) groups is 1. The average molecular weight is 286 g/mol. The fraction of sp³-hybridized carbons (Fsp3) is 0.632. The van der Waals surface area contributed by atoms with Crippen LogP contribution in [0.3, 0.4) is 0 Å². The van der Waals surface area contributed by atoms with Crippen LogP contribution in [0.2, 0.25) is 0 Å². The van der Waals surface area contributed by atoms with E-state index < -0.39 is 0 Å². The lowest BCUT2D eigenvalue weighted by molar-refractivity contribution is -0.138. The van der Waals surface area contributed by atoms with E-state index in [2.05, 4.69) is 39.8 Å². The molecule has 0 aromatic heterocycles. The number of benzene rings is 1. The Kier molecular flexibility index (Phi) is 3.38. The Labute approximate surface area is 127 Å². The summed E-state index contributed by atoms with van der Waals surface area (Å²) in [6.07, 6.45) is 2.26. The van der Waals surface area contributed by atoms with Gasteiger partial charge in [0.2, 0.25) is 0 Å². The van der Waals surface area contributed by atoms with Crippen LogP contribution < -0.4 is 4.74 Å². The van der Waals surface area contributed by atoms with Crippen molar-refractivity contribution in [2.75, 3.05) is 7.11 Å². The van der Waals surface area contributed by atoms with Gasteiger partial charge in [-0.05, 0) is 53.4 Å². The molecule has 0 radical (unpaired) electrons. The van der Waals surface area contributed by atoms with Crippen molar-refractivity contribution >= 4 is 5.78 Å². The van der Waals surface area contributed by atoms with Gasteiger partial charge in [-0.2, -0.15) is 0 Å². The number of carbonyl (C=O) groups excluding carboxylic acids is 1. The normalized spacial score (nSPS) is 38.6. The van der Waals surface area contributed by atoms with Gasteiger partial charge in [0.1, 0.15) is 11.5 Å². The van der Waals surface area contributed by atoms with Gasteiger partial charge >= 0.3 is 0 Å². The van der Waals surface area contributed by atoms with Gasteiger partial charge in [-0.25, -0.2) is 0 Å². The number of ketones is 1. The number of aryl methyl sites for hydroxylation is 1. The van der Waals surface area contributed by atoms with E-state index >= 15 is 0 Å². The molecule has 2 aliphatic rings. The fourth-order valence-electron chi connectivity index (χ4n) is 4.89. The van der Waals surface area contributed by atoms with Gasteiger partial charge < -0.3 is 4.74 Å². The Bertz CT molecular complexity index is 577. The molecule has 5 unspecified atom stereocenters. The molecule has 0 spiro atoms. The lowest BCUT2D eigenvalue weighted by atomic mass is 9.49. The maximum atomic E-state index is 12.6. The summed E-state index contributed by atoms with van der Waals surface area (Å²) in [7, 11) is 1.71. The molecular weight excluding hydrogens is 260 g/mol. The van der Waals surface area contributed by atoms with Crippen molar-refractivity contribution in [3.8, 4) is 5.75 Å². The Balaban J connectivity index is 2.11. The lowest BCUT2D eigenvalue weighted by Crippen LogP contribution is -2.51.